The molecule has 188 valence electrons. The summed E-state index contributed by atoms with van der Waals surface area (Å²) in [7, 11) is -3.96. The van der Waals surface area contributed by atoms with Gasteiger partial charge in [0.2, 0.25) is 5.89 Å². The second-order valence-electron chi connectivity index (χ2n) is 8.65. The second-order valence-corrected chi connectivity index (χ2v) is 11.1. The van der Waals surface area contributed by atoms with Crippen LogP contribution in [0.25, 0.3) is 33.7 Å². The smallest absolute Gasteiger partial charge is 0.263 e. The van der Waals surface area contributed by atoms with Gasteiger partial charge in [0.25, 0.3) is 10.0 Å². The molecule has 0 unspecified atom stereocenters. The number of anilines is 1. The molecular formula is C28H22Cl2N2O4S. The predicted molar refractivity (Wildman–Crippen MR) is 148 cm³/mol. The number of aromatic nitrogens is 1. The molecule has 0 saturated heterocycles. The van der Waals surface area contributed by atoms with Crippen molar-refractivity contribution in [3.05, 3.63) is 95.0 Å². The molecule has 5 aromatic rings. The molecule has 1 N–H and O–H groups in total. The lowest BCUT2D eigenvalue weighted by atomic mass is 10.1. The van der Waals surface area contributed by atoms with Gasteiger partial charge in [0.15, 0.2) is 5.58 Å². The van der Waals surface area contributed by atoms with Crippen LogP contribution in [0.2, 0.25) is 10.0 Å². The van der Waals surface area contributed by atoms with Crippen LogP contribution in [0, 0.1) is 0 Å². The van der Waals surface area contributed by atoms with Gasteiger partial charge in [-0.1, -0.05) is 47.5 Å². The molecule has 0 amide bonds. The van der Waals surface area contributed by atoms with Crippen molar-refractivity contribution < 1.29 is 17.6 Å². The minimum absolute atomic E-state index is 0.0740. The van der Waals surface area contributed by atoms with Crippen molar-refractivity contribution >= 4 is 50.0 Å². The third kappa shape index (κ3) is 5.59. The third-order valence-corrected chi connectivity index (χ3v) is 7.59. The molecule has 1 heterocycles. The van der Waals surface area contributed by atoms with Crippen LogP contribution in [0.4, 0.5) is 5.69 Å². The Hall–Kier alpha value is -3.52. The molecule has 0 fully saturated rings. The summed E-state index contributed by atoms with van der Waals surface area (Å²) >= 11 is 12.1. The molecule has 0 radical (unpaired) electrons. The van der Waals surface area contributed by atoms with Gasteiger partial charge in [-0.15, -0.1) is 0 Å². The zero-order chi connectivity index (χ0) is 26.2. The maximum atomic E-state index is 12.9. The van der Waals surface area contributed by atoms with Crippen LogP contribution in [0.5, 0.6) is 5.75 Å². The highest BCUT2D eigenvalue weighted by Gasteiger charge is 2.19. The van der Waals surface area contributed by atoms with Crippen molar-refractivity contribution in [1.29, 1.82) is 0 Å². The Morgan fingerprint density at radius 2 is 1.62 bits per heavy atom. The number of rotatable bonds is 7. The summed E-state index contributed by atoms with van der Waals surface area (Å²) in [5.41, 5.74) is 4.27. The van der Waals surface area contributed by atoms with Crippen LogP contribution in [0.1, 0.15) is 13.8 Å². The van der Waals surface area contributed by atoms with E-state index >= 15 is 0 Å². The van der Waals surface area contributed by atoms with Gasteiger partial charge in [-0.25, -0.2) is 13.4 Å². The average Bonchev–Trinajstić information content (AvgIpc) is 3.29. The van der Waals surface area contributed by atoms with E-state index in [2.05, 4.69) is 9.71 Å². The Kier molecular flexibility index (Phi) is 6.86. The van der Waals surface area contributed by atoms with Crippen LogP contribution in [-0.2, 0) is 10.0 Å². The lowest BCUT2D eigenvalue weighted by Crippen LogP contribution is -2.13. The maximum absolute atomic E-state index is 12.9. The Morgan fingerprint density at radius 1 is 0.865 bits per heavy atom. The number of ether oxygens (including phenoxy) is 1. The van der Waals surface area contributed by atoms with E-state index in [-0.39, 0.29) is 21.0 Å². The molecule has 6 nitrogen and oxygen atoms in total. The number of halogens is 2. The summed E-state index contributed by atoms with van der Waals surface area (Å²) < 4.78 is 40.0. The number of sulfonamides is 1. The molecule has 0 saturated carbocycles. The summed E-state index contributed by atoms with van der Waals surface area (Å²) in [4.78, 5) is 4.53. The van der Waals surface area contributed by atoms with Crippen molar-refractivity contribution in [1.82, 2.24) is 4.98 Å². The van der Waals surface area contributed by atoms with E-state index in [1.807, 2.05) is 56.3 Å². The zero-order valence-electron chi connectivity index (χ0n) is 19.9. The van der Waals surface area contributed by atoms with Crippen molar-refractivity contribution in [2.24, 2.45) is 0 Å². The number of oxazole rings is 1. The van der Waals surface area contributed by atoms with E-state index in [0.29, 0.717) is 28.2 Å². The first-order chi connectivity index (χ1) is 17.7. The van der Waals surface area contributed by atoms with E-state index in [4.69, 9.17) is 32.4 Å². The van der Waals surface area contributed by atoms with Gasteiger partial charge in [-0.2, -0.15) is 0 Å². The number of hydrogen-bond donors (Lipinski definition) is 1. The minimum atomic E-state index is -3.96. The van der Waals surface area contributed by atoms with E-state index in [9.17, 15) is 8.42 Å². The number of benzene rings is 4. The average molecular weight is 553 g/mol. The zero-order valence-corrected chi connectivity index (χ0v) is 22.2. The first kappa shape index (κ1) is 25.1. The van der Waals surface area contributed by atoms with Gasteiger partial charge in [-0.05, 0) is 85.6 Å². The molecule has 4 aromatic carbocycles. The van der Waals surface area contributed by atoms with Gasteiger partial charge in [0.1, 0.15) is 16.2 Å². The van der Waals surface area contributed by atoms with E-state index in [1.165, 1.54) is 18.2 Å². The van der Waals surface area contributed by atoms with Crippen LogP contribution in [-0.4, -0.2) is 19.5 Å². The monoisotopic (exact) mass is 552 g/mol. The van der Waals surface area contributed by atoms with Crippen molar-refractivity contribution in [2.75, 3.05) is 4.72 Å². The summed E-state index contributed by atoms with van der Waals surface area (Å²) in [6.07, 6.45) is 0.110. The van der Waals surface area contributed by atoms with Crippen LogP contribution >= 0.6 is 23.2 Å². The fraction of sp³-hybridized carbons (Fsp3) is 0.107. The SMILES string of the molecule is CC(C)Oc1ccc(-c2ccc3oc(-c4cccc(NS(=O)(=O)c5cc(Cl)ccc5Cl)c4)nc3c2)cc1. The molecule has 0 bridgehead atoms. The Morgan fingerprint density at radius 3 is 2.38 bits per heavy atom. The molecule has 0 aliphatic carbocycles. The highest BCUT2D eigenvalue weighted by atomic mass is 35.5. The number of fused-ring (bicyclic) bond motifs is 1. The lowest BCUT2D eigenvalue weighted by molar-refractivity contribution is 0.242. The predicted octanol–water partition coefficient (Wildman–Crippen LogP) is 8.06. The van der Waals surface area contributed by atoms with Crippen molar-refractivity contribution in [3.8, 4) is 28.3 Å². The van der Waals surface area contributed by atoms with Gasteiger partial charge in [-0.3, -0.25) is 4.72 Å². The molecule has 0 aliphatic heterocycles. The van der Waals surface area contributed by atoms with Crippen molar-refractivity contribution in [3.63, 3.8) is 0 Å². The van der Waals surface area contributed by atoms with E-state index in [0.717, 1.165) is 16.9 Å². The van der Waals surface area contributed by atoms with E-state index < -0.39 is 10.0 Å². The first-order valence-corrected chi connectivity index (χ1v) is 13.7. The summed E-state index contributed by atoms with van der Waals surface area (Å²) in [6, 6.07) is 24.7. The van der Waals surface area contributed by atoms with Gasteiger partial charge < -0.3 is 9.15 Å². The minimum Gasteiger partial charge on any atom is -0.491 e. The summed E-state index contributed by atoms with van der Waals surface area (Å²) in [5.74, 6) is 1.19. The topological polar surface area (TPSA) is 81.4 Å². The number of hydrogen-bond acceptors (Lipinski definition) is 5. The van der Waals surface area contributed by atoms with Gasteiger partial charge >= 0.3 is 0 Å². The quantitative estimate of drug-likeness (QED) is 0.221. The highest BCUT2D eigenvalue weighted by Crippen LogP contribution is 2.32. The van der Waals surface area contributed by atoms with Crippen LogP contribution in [0.3, 0.4) is 0 Å². The molecule has 37 heavy (non-hydrogen) atoms. The molecule has 1 aromatic heterocycles. The largest absolute Gasteiger partial charge is 0.491 e. The van der Waals surface area contributed by atoms with Crippen molar-refractivity contribution in [2.45, 2.75) is 24.8 Å². The third-order valence-electron chi connectivity index (χ3n) is 5.49. The molecule has 9 heteroatoms. The second kappa shape index (κ2) is 10.1. The Balaban J connectivity index is 1.41. The normalized spacial score (nSPS) is 11.7. The fourth-order valence-electron chi connectivity index (χ4n) is 3.84. The molecule has 5 rings (SSSR count). The Labute approximate surface area is 224 Å². The lowest BCUT2D eigenvalue weighted by Gasteiger charge is -2.10. The number of nitrogens with zero attached hydrogens (tertiary/aromatic N) is 1. The van der Waals surface area contributed by atoms with E-state index in [1.54, 1.807) is 24.3 Å². The summed E-state index contributed by atoms with van der Waals surface area (Å²) in [5, 5.41) is 0.342. The van der Waals surface area contributed by atoms with Gasteiger partial charge in [0, 0.05) is 16.3 Å². The summed E-state index contributed by atoms with van der Waals surface area (Å²) in [6.45, 7) is 3.98. The Bertz CT molecular complexity index is 1700. The molecular weight excluding hydrogens is 531 g/mol. The van der Waals surface area contributed by atoms with Crippen LogP contribution < -0.4 is 9.46 Å². The molecule has 0 aliphatic rings. The molecule has 0 spiro atoms. The van der Waals surface area contributed by atoms with Crippen LogP contribution in [0.15, 0.2) is 94.2 Å². The number of nitrogens with one attached hydrogen (secondary N) is 1. The van der Waals surface area contributed by atoms with Gasteiger partial charge in [0.05, 0.1) is 11.1 Å². The highest BCUT2D eigenvalue weighted by molar-refractivity contribution is 7.92. The maximum Gasteiger partial charge on any atom is 0.263 e. The standard InChI is InChI=1S/C28H22Cl2N2O4S/c1-17(2)35-23-10-6-18(7-11-23)19-8-13-26-25(15-19)31-28(36-26)20-4-3-5-22(14-20)32-37(33,34)27-16-21(29)9-12-24(27)30/h3-17,32H,1-2H3. The first-order valence-electron chi connectivity index (χ1n) is 11.4. The fourth-order valence-corrected chi connectivity index (χ4v) is 5.65. The molecule has 0 atom stereocenters.